The minimum absolute atomic E-state index is 0.102. The SMILES string of the molecule is NCC(F)c1c(Br)ccc(Cl)c1F. The maximum atomic E-state index is 13.2. The number of rotatable bonds is 2. The number of hydrogen-bond acceptors (Lipinski definition) is 1. The minimum atomic E-state index is -1.53. The molecule has 0 spiro atoms. The highest BCUT2D eigenvalue weighted by atomic mass is 79.9. The van der Waals surface area contributed by atoms with Crippen LogP contribution in [0.3, 0.4) is 0 Å². The van der Waals surface area contributed by atoms with E-state index in [2.05, 4.69) is 15.9 Å². The van der Waals surface area contributed by atoms with Crippen LogP contribution in [0.4, 0.5) is 8.78 Å². The smallest absolute Gasteiger partial charge is 0.149 e. The molecular formula is C8H7BrClF2N. The molecule has 72 valence electrons. The molecule has 0 aliphatic carbocycles. The zero-order valence-corrected chi connectivity index (χ0v) is 8.87. The normalized spacial score (nSPS) is 13.0. The third-order valence-electron chi connectivity index (χ3n) is 1.60. The molecule has 1 rings (SSSR count). The van der Waals surface area contributed by atoms with E-state index in [1.807, 2.05) is 0 Å². The van der Waals surface area contributed by atoms with Gasteiger partial charge in [-0.25, -0.2) is 8.78 Å². The molecule has 0 saturated carbocycles. The molecule has 0 fully saturated rings. The molecule has 13 heavy (non-hydrogen) atoms. The van der Waals surface area contributed by atoms with Gasteiger partial charge in [0.2, 0.25) is 0 Å². The Morgan fingerprint density at radius 1 is 1.54 bits per heavy atom. The Bertz CT molecular complexity index is 319. The largest absolute Gasteiger partial charge is 0.327 e. The summed E-state index contributed by atoms with van der Waals surface area (Å²) >= 11 is 8.51. The molecule has 1 nitrogen and oxygen atoms in total. The van der Waals surface area contributed by atoms with Crippen LogP contribution < -0.4 is 5.73 Å². The van der Waals surface area contributed by atoms with E-state index in [0.717, 1.165) is 0 Å². The summed E-state index contributed by atoms with van der Waals surface area (Å²) in [4.78, 5) is 0. The lowest BCUT2D eigenvalue weighted by Gasteiger charge is -2.10. The van der Waals surface area contributed by atoms with E-state index in [9.17, 15) is 8.78 Å². The van der Waals surface area contributed by atoms with Crippen molar-refractivity contribution in [2.24, 2.45) is 5.73 Å². The van der Waals surface area contributed by atoms with Crippen molar-refractivity contribution in [1.82, 2.24) is 0 Å². The molecule has 2 N–H and O–H groups in total. The van der Waals surface area contributed by atoms with Crippen LogP contribution in [0, 0.1) is 5.82 Å². The molecule has 0 bridgehead atoms. The van der Waals surface area contributed by atoms with Crippen LogP contribution in [0.25, 0.3) is 0 Å². The van der Waals surface area contributed by atoms with Crippen LogP contribution in [0.15, 0.2) is 16.6 Å². The molecule has 0 aliphatic heterocycles. The number of nitrogens with two attached hydrogens (primary N) is 1. The zero-order valence-electron chi connectivity index (χ0n) is 6.53. The minimum Gasteiger partial charge on any atom is -0.327 e. The topological polar surface area (TPSA) is 26.0 Å². The predicted molar refractivity (Wildman–Crippen MR) is 52.0 cm³/mol. The van der Waals surface area contributed by atoms with E-state index in [1.165, 1.54) is 12.1 Å². The Labute approximate surface area is 88.0 Å². The number of halogens is 4. The van der Waals surface area contributed by atoms with Gasteiger partial charge in [-0.2, -0.15) is 0 Å². The van der Waals surface area contributed by atoms with Crippen molar-refractivity contribution in [2.75, 3.05) is 6.54 Å². The van der Waals surface area contributed by atoms with Gasteiger partial charge in [0.25, 0.3) is 0 Å². The van der Waals surface area contributed by atoms with Gasteiger partial charge in [0.1, 0.15) is 12.0 Å². The fourth-order valence-corrected chi connectivity index (χ4v) is 1.67. The van der Waals surface area contributed by atoms with Crippen LogP contribution >= 0.6 is 27.5 Å². The standard InChI is InChI=1S/C8H7BrClF2N/c9-4-1-2-5(10)8(12)7(4)6(11)3-13/h1-2,6H,3,13H2. The first-order chi connectivity index (χ1) is 6.07. The van der Waals surface area contributed by atoms with Crippen molar-refractivity contribution < 1.29 is 8.78 Å². The van der Waals surface area contributed by atoms with Gasteiger partial charge in [-0.05, 0) is 12.1 Å². The van der Waals surface area contributed by atoms with Gasteiger partial charge in [0.05, 0.1) is 5.02 Å². The lowest BCUT2D eigenvalue weighted by atomic mass is 10.1. The monoisotopic (exact) mass is 269 g/mol. The Morgan fingerprint density at radius 2 is 2.15 bits per heavy atom. The fraction of sp³-hybridized carbons (Fsp3) is 0.250. The molecule has 5 heteroatoms. The van der Waals surface area contributed by atoms with Gasteiger partial charge in [0.15, 0.2) is 0 Å². The van der Waals surface area contributed by atoms with Crippen LogP contribution in [0.2, 0.25) is 5.02 Å². The summed E-state index contributed by atoms with van der Waals surface area (Å²) in [7, 11) is 0. The molecule has 0 aromatic heterocycles. The zero-order chi connectivity index (χ0) is 10.0. The van der Waals surface area contributed by atoms with Crippen LogP contribution in [-0.2, 0) is 0 Å². The van der Waals surface area contributed by atoms with Gasteiger partial charge in [0, 0.05) is 16.6 Å². The molecule has 1 aromatic carbocycles. The first kappa shape index (κ1) is 10.9. The number of benzene rings is 1. The molecule has 0 amide bonds. The van der Waals surface area contributed by atoms with Crippen molar-refractivity contribution in [3.8, 4) is 0 Å². The Morgan fingerprint density at radius 3 is 2.69 bits per heavy atom. The third kappa shape index (κ3) is 2.18. The lowest BCUT2D eigenvalue weighted by molar-refractivity contribution is 0.340. The van der Waals surface area contributed by atoms with E-state index in [1.54, 1.807) is 0 Å². The molecule has 0 aliphatic rings. The Balaban J connectivity index is 3.25. The summed E-state index contributed by atoms with van der Waals surface area (Å²) in [5.74, 6) is -0.756. The van der Waals surface area contributed by atoms with Gasteiger partial charge in [-0.3, -0.25) is 0 Å². The van der Waals surface area contributed by atoms with Gasteiger partial charge >= 0.3 is 0 Å². The summed E-state index contributed by atoms with van der Waals surface area (Å²) in [6.45, 7) is -0.268. The van der Waals surface area contributed by atoms with Crippen molar-refractivity contribution in [1.29, 1.82) is 0 Å². The average molecular weight is 271 g/mol. The van der Waals surface area contributed by atoms with E-state index in [-0.39, 0.29) is 17.1 Å². The first-order valence-electron chi connectivity index (χ1n) is 3.55. The van der Waals surface area contributed by atoms with Crippen LogP contribution in [-0.4, -0.2) is 6.54 Å². The van der Waals surface area contributed by atoms with Crippen LogP contribution in [0.1, 0.15) is 11.7 Å². The summed E-state index contributed by atoms with van der Waals surface area (Å²) in [5, 5.41) is -0.102. The van der Waals surface area contributed by atoms with Crippen molar-refractivity contribution in [3.05, 3.63) is 33.0 Å². The quantitative estimate of drug-likeness (QED) is 0.821. The molecule has 1 atom stereocenters. The van der Waals surface area contributed by atoms with E-state index < -0.39 is 12.0 Å². The first-order valence-corrected chi connectivity index (χ1v) is 4.72. The van der Waals surface area contributed by atoms with Crippen molar-refractivity contribution in [2.45, 2.75) is 6.17 Å². The molecular weight excluding hydrogens is 263 g/mol. The van der Waals surface area contributed by atoms with Crippen molar-refractivity contribution in [3.63, 3.8) is 0 Å². The summed E-state index contributed by atoms with van der Waals surface area (Å²) in [6.07, 6.45) is -1.53. The maximum Gasteiger partial charge on any atom is 0.149 e. The summed E-state index contributed by atoms with van der Waals surface area (Å²) in [6, 6.07) is 2.84. The molecule has 0 saturated heterocycles. The summed E-state index contributed by atoms with van der Waals surface area (Å²) in [5.41, 5.74) is 4.97. The van der Waals surface area contributed by atoms with Crippen LogP contribution in [0.5, 0.6) is 0 Å². The van der Waals surface area contributed by atoms with Gasteiger partial charge in [-0.1, -0.05) is 27.5 Å². The molecule has 1 unspecified atom stereocenters. The average Bonchev–Trinajstić information content (AvgIpc) is 2.12. The highest BCUT2D eigenvalue weighted by Crippen LogP contribution is 2.31. The second kappa shape index (κ2) is 4.35. The third-order valence-corrected chi connectivity index (χ3v) is 2.58. The second-order valence-electron chi connectivity index (χ2n) is 2.46. The number of alkyl halides is 1. The highest BCUT2D eigenvalue weighted by molar-refractivity contribution is 9.10. The Kier molecular flexibility index (Phi) is 3.64. The lowest BCUT2D eigenvalue weighted by Crippen LogP contribution is -2.10. The molecule has 1 aromatic rings. The van der Waals surface area contributed by atoms with E-state index in [4.69, 9.17) is 17.3 Å². The van der Waals surface area contributed by atoms with Gasteiger partial charge < -0.3 is 5.73 Å². The fourth-order valence-electron chi connectivity index (χ4n) is 0.948. The Hall–Kier alpha value is -0.190. The highest BCUT2D eigenvalue weighted by Gasteiger charge is 2.18. The van der Waals surface area contributed by atoms with E-state index in [0.29, 0.717) is 4.47 Å². The molecule has 0 radical (unpaired) electrons. The summed E-state index contributed by atoms with van der Waals surface area (Å²) < 4.78 is 26.7. The van der Waals surface area contributed by atoms with E-state index >= 15 is 0 Å². The predicted octanol–water partition coefficient (Wildman–Crippen LogP) is 3.21. The number of hydrogen-bond donors (Lipinski definition) is 1. The second-order valence-corrected chi connectivity index (χ2v) is 3.72. The van der Waals surface area contributed by atoms with Gasteiger partial charge in [-0.15, -0.1) is 0 Å². The van der Waals surface area contributed by atoms with Crippen molar-refractivity contribution >= 4 is 27.5 Å². The maximum absolute atomic E-state index is 13.2. The molecule has 0 heterocycles.